The molecule has 0 radical (unpaired) electrons. The van der Waals surface area contributed by atoms with Crippen molar-refractivity contribution in [2.24, 2.45) is 5.90 Å². The first-order valence-electron chi connectivity index (χ1n) is 6.42. The van der Waals surface area contributed by atoms with Crippen LogP contribution in [-0.2, 0) is 48.9 Å². The molecule has 0 saturated heterocycles. The monoisotopic (exact) mass is 503 g/mol. The number of carbonyl (C=O) groups is 4. The average Bonchev–Trinajstić information content (AvgIpc) is 2.42. The first kappa shape index (κ1) is 48.1. The number of hydroxylamine groups is 4. The molecule has 0 rings (SSSR count). The Morgan fingerprint density at radius 3 is 0.935 bits per heavy atom. The maximum atomic E-state index is 10.8. The molecule has 31 heavy (non-hydrogen) atoms. The number of hydrogen-bond acceptors (Lipinski definition) is 16. The van der Waals surface area contributed by atoms with Gasteiger partial charge in [0.1, 0.15) is 0 Å². The third kappa shape index (κ3) is 53.1. The molecule has 0 saturated carbocycles. The Morgan fingerprint density at radius 1 is 0.710 bits per heavy atom. The molecular weight excluding hydrogens is 480 g/mol. The van der Waals surface area contributed by atoms with E-state index in [2.05, 4.69) is 25.2 Å². The number of hydrogen-bond donors (Lipinski definition) is 2. The van der Waals surface area contributed by atoms with E-state index in [1.807, 2.05) is 0 Å². The van der Waals surface area contributed by atoms with Gasteiger partial charge in [0, 0.05) is 48.5 Å². The van der Waals surface area contributed by atoms with E-state index in [-0.39, 0.29) is 83.2 Å². The minimum Gasteiger partial charge on any atom is -0.759 e. The van der Waals surface area contributed by atoms with Crippen LogP contribution in [-0.4, -0.2) is 81.1 Å². The van der Waals surface area contributed by atoms with E-state index in [0.29, 0.717) is 10.5 Å². The first-order chi connectivity index (χ1) is 12.2. The van der Waals surface area contributed by atoms with E-state index in [1.165, 1.54) is 0 Å². The van der Waals surface area contributed by atoms with Crippen molar-refractivity contribution in [3.05, 3.63) is 0 Å². The summed E-state index contributed by atoms with van der Waals surface area (Å²) in [7, 11) is -5.17. The van der Waals surface area contributed by atoms with Gasteiger partial charge in [-0.2, -0.15) is 0 Å². The Balaban J connectivity index is -0.0000000919. The van der Waals surface area contributed by atoms with Crippen molar-refractivity contribution in [2.75, 3.05) is 13.1 Å². The SMILES string of the molecule is CC(=O)ON(CCN(OC(C)=O)OC(C)=O)OC(C)=O.NO.O.O.O=S(=O)([O-])[O-].[Na+].[Na+]. The Kier molecular flexibility index (Phi) is 42.7. The summed E-state index contributed by atoms with van der Waals surface area (Å²) in [5.74, 6) is 0.603. The van der Waals surface area contributed by atoms with Crippen molar-refractivity contribution < 1.29 is 131 Å². The van der Waals surface area contributed by atoms with E-state index in [4.69, 9.17) is 22.7 Å². The molecule has 176 valence electrons. The summed E-state index contributed by atoms with van der Waals surface area (Å²) in [6, 6.07) is 0. The largest absolute Gasteiger partial charge is 1.00 e. The maximum Gasteiger partial charge on any atom is 1.00 e. The van der Waals surface area contributed by atoms with Crippen LogP contribution in [0, 0.1) is 0 Å². The summed E-state index contributed by atoms with van der Waals surface area (Å²) in [5, 5.41) is 7.65. The van der Waals surface area contributed by atoms with Gasteiger partial charge in [-0.1, -0.05) is 0 Å². The standard InChI is InChI=1S/C10H16N2O8.H3NO.2Na.H2O4S.2H2O/c1-7(13)17-11(18-8(2)14)5-6-12(19-9(3)15)20-10(4)16;1-2;;;1-5(2,3)4;;/h5-6H2,1-4H3;2H,1H2;;;(H2,1,2,3,4);2*1H2/q;;2*+1;;;/p-2. The Morgan fingerprint density at radius 2 is 0.839 bits per heavy atom. The summed E-state index contributed by atoms with van der Waals surface area (Å²) in [5.41, 5.74) is 0. The van der Waals surface area contributed by atoms with Gasteiger partial charge in [0.2, 0.25) is 0 Å². The zero-order valence-corrected chi connectivity index (χ0v) is 22.5. The second kappa shape index (κ2) is 27.5. The van der Waals surface area contributed by atoms with Gasteiger partial charge >= 0.3 is 83.0 Å². The predicted molar refractivity (Wildman–Crippen MR) is 84.2 cm³/mol. The van der Waals surface area contributed by atoms with Gasteiger partial charge < -0.3 is 44.6 Å². The predicted octanol–water partition coefficient (Wildman–Crippen LogP) is -10.1. The fourth-order valence-corrected chi connectivity index (χ4v) is 0.957. The quantitative estimate of drug-likeness (QED) is 0.141. The molecule has 0 heterocycles. The van der Waals surface area contributed by atoms with Crippen molar-refractivity contribution in [1.29, 1.82) is 0 Å². The van der Waals surface area contributed by atoms with Crippen LogP contribution in [0.2, 0.25) is 0 Å². The third-order valence-corrected chi connectivity index (χ3v) is 1.39. The summed E-state index contributed by atoms with van der Waals surface area (Å²) in [4.78, 5) is 61.4. The van der Waals surface area contributed by atoms with Crippen molar-refractivity contribution in [2.45, 2.75) is 27.7 Å². The number of nitrogens with two attached hydrogens (primary N) is 1. The normalized spacial score (nSPS) is 8.58. The van der Waals surface area contributed by atoms with Gasteiger partial charge in [-0.05, 0) is 0 Å². The van der Waals surface area contributed by atoms with E-state index in [0.717, 1.165) is 27.7 Å². The molecule has 0 unspecified atom stereocenters. The van der Waals surface area contributed by atoms with Gasteiger partial charge in [0.25, 0.3) is 0 Å². The average molecular weight is 503 g/mol. The summed E-state index contributed by atoms with van der Waals surface area (Å²) < 4.78 is 34.1. The van der Waals surface area contributed by atoms with Crippen molar-refractivity contribution in [3.63, 3.8) is 0 Å². The number of carbonyl (C=O) groups excluding carboxylic acids is 4. The molecule has 0 aliphatic carbocycles. The zero-order chi connectivity index (χ0) is 22.2. The molecule has 18 nitrogen and oxygen atoms in total. The molecule has 0 aromatic rings. The van der Waals surface area contributed by atoms with Crippen LogP contribution < -0.4 is 65.0 Å². The van der Waals surface area contributed by atoms with Crippen LogP contribution in [0.3, 0.4) is 0 Å². The molecule has 0 aromatic heterocycles. The molecule has 7 N–H and O–H groups in total. The van der Waals surface area contributed by atoms with Crippen LogP contribution in [0.4, 0.5) is 0 Å². The number of nitrogens with zero attached hydrogens (tertiary/aromatic N) is 2. The Labute approximate surface area is 221 Å². The molecule has 0 atom stereocenters. The summed E-state index contributed by atoms with van der Waals surface area (Å²) in [6.45, 7) is 3.97. The van der Waals surface area contributed by atoms with Gasteiger partial charge in [0.05, 0.1) is 13.1 Å². The van der Waals surface area contributed by atoms with Crippen molar-refractivity contribution in [1.82, 2.24) is 10.5 Å². The minimum absolute atomic E-state index is 0. The fourth-order valence-electron chi connectivity index (χ4n) is 0.957. The Hall–Kier alpha value is -0.490. The van der Waals surface area contributed by atoms with Crippen molar-refractivity contribution in [3.8, 4) is 0 Å². The molecule has 21 heteroatoms. The summed E-state index contributed by atoms with van der Waals surface area (Å²) in [6.07, 6.45) is 0. The molecule has 0 aliphatic heterocycles. The third-order valence-electron chi connectivity index (χ3n) is 1.39. The number of rotatable bonds is 7. The van der Waals surface area contributed by atoms with Crippen LogP contribution in [0.1, 0.15) is 27.7 Å². The molecule has 0 bridgehead atoms. The molecule has 0 aromatic carbocycles. The van der Waals surface area contributed by atoms with Crippen LogP contribution >= 0.6 is 0 Å². The molecule has 0 aliphatic rings. The van der Waals surface area contributed by atoms with Gasteiger partial charge in [-0.25, -0.2) is 5.90 Å². The summed E-state index contributed by atoms with van der Waals surface area (Å²) >= 11 is 0. The minimum atomic E-state index is -5.17. The smallest absolute Gasteiger partial charge is 0.759 e. The molecular formula is C10H23N3Na2O15S. The molecule has 0 amide bonds. The molecule has 0 spiro atoms. The fraction of sp³-hybridized carbons (Fsp3) is 0.600. The Bertz CT molecular complexity index is 516. The van der Waals surface area contributed by atoms with E-state index < -0.39 is 34.3 Å². The van der Waals surface area contributed by atoms with Gasteiger partial charge in [-0.15, -0.1) is 0 Å². The second-order valence-corrected chi connectivity index (χ2v) is 4.67. The van der Waals surface area contributed by atoms with E-state index in [9.17, 15) is 19.2 Å². The van der Waals surface area contributed by atoms with Crippen LogP contribution in [0.5, 0.6) is 0 Å². The topological polar surface area (TPSA) is 301 Å². The van der Waals surface area contributed by atoms with Crippen LogP contribution in [0.15, 0.2) is 0 Å². The first-order valence-corrected chi connectivity index (χ1v) is 7.75. The van der Waals surface area contributed by atoms with Gasteiger partial charge in [0.15, 0.2) is 0 Å². The maximum absolute atomic E-state index is 10.8. The zero-order valence-electron chi connectivity index (χ0n) is 17.6. The molecule has 0 fully saturated rings. The van der Waals surface area contributed by atoms with Gasteiger partial charge in [-0.3, -0.25) is 27.6 Å². The van der Waals surface area contributed by atoms with Crippen LogP contribution in [0.25, 0.3) is 0 Å². The van der Waals surface area contributed by atoms with E-state index in [1.54, 1.807) is 0 Å². The van der Waals surface area contributed by atoms with E-state index >= 15 is 0 Å². The van der Waals surface area contributed by atoms with Crippen molar-refractivity contribution >= 4 is 34.3 Å². The second-order valence-electron chi connectivity index (χ2n) is 3.85.